The van der Waals surface area contributed by atoms with Crippen LogP contribution in [0.15, 0.2) is 67.0 Å². The molecule has 0 radical (unpaired) electrons. The number of halogens is 2. The Kier molecular flexibility index (Phi) is 5.10. The van der Waals surface area contributed by atoms with Gasteiger partial charge < -0.3 is 4.74 Å². The summed E-state index contributed by atoms with van der Waals surface area (Å²) in [7, 11) is 0. The number of nitrogens with zero attached hydrogens (tertiary/aromatic N) is 6. The minimum atomic E-state index is -0.534. The summed E-state index contributed by atoms with van der Waals surface area (Å²) in [6.07, 6.45) is 5.93. The van der Waals surface area contributed by atoms with Gasteiger partial charge >= 0.3 is 0 Å². The topological polar surface area (TPSA) is 70.7 Å². The molecule has 1 aliphatic rings. The quantitative estimate of drug-likeness (QED) is 0.341. The van der Waals surface area contributed by atoms with E-state index in [0.717, 1.165) is 30.2 Å². The Balaban J connectivity index is 1.50. The zero-order valence-electron chi connectivity index (χ0n) is 18.1. The summed E-state index contributed by atoms with van der Waals surface area (Å²) in [4.78, 5) is 3.78. The van der Waals surface area contributed by atoms with E-state index in [-0.39, 0.29) is 12.0 Å². The molecule has 7 nitrogen and oxygen atoms in total. The van der Waals surface area contributed by atoms with Gasteiger partial charge in [-0.25, -0.2) is 18.7 Å². The fraction of sp³-hybridized carbons (Fsp3) is 0.200. The maximum atomic E-state index is 14.4. The van der Waals surface area contributed by atoms with Gasteiger partial charge in [-0.1, -0.05) is 11.3 Å². The number of hydrogen-bond donors (Lipinski definition) is 0. The zero-order valence-corrected chi connectivity index (χ0v) is 18.1. The van der Waals surface area contributed by atoms with E-state index in [0.29, 0.717) is 34.8 Å². The van der Waals surface area contributed by atoms with Gasteiger partial charge in [0.25, 0.3) is 0 Å². The summed E-state index contributed by atoms with van der Waals surface area (Å²) >= 11 is 0. The molecule has 1 fully saturated rings. The number of ether oxygens (including phenoxy) is 1. The molecule has 0 N–H and O–H groups in total. The number of aromatic nitrogens is 6. The second kappa shape index (κ2) is 8.42. The van der Waals surface area contributed by atoms with Crippen LogP contribution < -0.4 is 0 Å². The van der Waals surface area contributed by atoms with Crippen molar-refractivity contribution >= 4 is 10.9 Å². The molecule has 4 heterocycles. The summed E-state index contributed by atoms with van der Waals surface area (Å²) in [5.41, 5.74) is 3.81. The van der Waals surface area contributed by atoms with Crippen LogP contribution in [0.1, 0.15) is 25.5 Å². The third-order valence-corrected chi connectivity index (χ3v) is 6.03. The fourth-order valence-electron chi connectivity index (χ4n) is 4.33. The molecule has 6 rings (SSSR count). The number of fused-ring (bicyclic) bond motifs is 1. The minimum Gasteiger partial charge on any atom is -0.356 e. The van der Waals surface area contributed by atoms with Crippen molar-refractivity contribution in [1.29, 1.82) is 0 Å². The van der Waals surface area contributed by atoms with Crippen LogP contribution in [0.2, 0.25) is 0 Å². The molecule has 3 aromatic heterocycles. The predicted molar refractivity (Wildman–Crippen MR) is 122 cm³/mol. The highest BCUT2D eigenvalue weighted by molar-refractivity contribution is 5.95. The summed E-state index contributed by atoms with van der Waals surface area (Å²) in [5, 5.41) is 14.2. The Hall–Kier alpha value is -3.98. The lowest BCUT2D eigenvalue weighted by Crippen LogP contribution is -2.19. The Labute approximate surface area is 193 Å². The molecule has 170 valence electrons. The summed E-state index contributed by atoms with van der Waals surface area (Å²) in [5.74, 6) is -0.856. The lowest BCUT2D eigenvalue weighted by atomic mass is 10.0. The van der Waals surface area contributed by atoms with E-state index in [1.807, 2.05) is 22.9 Å². The molecule has 1 unspecified atom stereocenters. The Bertz CT molecular complexity index is 1470. The van der Waals surface area contributed by atoms with Gasteiger partial charge in [0, 0.05) is 23.8 Å². The number of pyridine rings is 1. The van der Waals surface area contributed by atoms with Gasteiger partial charge in [-0.15, -0.1) is 5.10 Å². The molecule has 0 aliphatic carbocycles. The molecule has 2 aromatic carbocycles. The van der Waals surface area contributed by atoms with E-state index in [1.165, 1.54) is 18.3 Å². The van der Waals surface area contributed by atoms with Crippen LogP contribution in [0.4, 0.5) is 8.78 Å². The molecule has 0 amide bonds. The first-order chi connectivity index (χ1) is 16.7. The van der Waals surface area contributed by atoms with E-state index in [1.54, 1.807) is 35.1 Å². The molecule has 1 aliphatic heterocycles. The smallest absolute Gasteiger partial charge is 0.220 e. The van der Waals surface area contributed by atoms with Crippen LogP contribution in [-0.4, -0.2) is 36.4 Å². The van der Waals surface area contributed by atoms with Gasteiger partial charge in [0.2, 0.25) is 5.95 Å². The molecule has 1 saturated heterocycles. The largest absolute Gasteiger partial charge is 0.356 e. The van der Waals surface area contributed by atoms with E-state index in [9.17, 15) is 8.78 Å². The third-order valence-electron chi connectivity index (χ3n) is 6.03. The highest BCUT2D eigenvalue weighted by atomic mass is 19.1. The van der Waals surface area contributed by atoms with E-state index >= 15 is 0 Å². The first kappa shape index (κ1) is 20.6. The van der Waals surface area contributed by atoms with Crippen molar-refractivity contribution in [3.63, 3.8) is 0 Å². The lowest BCUT2D eigenvalue weighted by Gasteiger charge is -2.23. The van der Waals surface area contributed by atoms with Crippen molar-refractivity contribution in [2.45, 2.75) is 25.5 Å². The molecule has 34 heavy (non-hydrogen) atoms. The van der Waals surface area contributed by atoms with Gasteiger partial charge in [-0.3, -0.25) is 0 Å². The van der Waals surface area contributed by atoms with Gasteiger partial charge in [-0.2, -0.15) is 9.49 Å². The average Bonchev–Trinajstić information content (AvgIpc) is 3.50. The Morgan fingerprint density at radius 1 is 1.00 bits per heavy atom. The molecule has 0 bridgehead atoms. The van der Waals surface area contributed by atoms with Gasteiger partial charge in [0.15, 0.2) is 6.23 Å². The normalized spacial score (nSPS) is 16.2. The van der Waals surface area contributed by atoms with Crippen molar-refractivity contribution < 1.29 is 13.5 Å². The summed E-state index contributed by atoms with van der Waals surface area (Å²) < 4.78 is 37.2. The monoisotopic (exact) mass is 458 g/mol. The second-order valence-electron chi connectivity index (χ2n) is 8.21. The van der Waals surface area contributed by atoms with Crippen LogP contribution in [0.3, 0.4) is 0 Å². The standard InChI is InChI=1S/C25H20F2N6O/c26-17-7-9-18(10-8-17)32-15-21(29-31-32)24-20-14-16(19-4-3-12-28-25(19)27)6-11-22(20)33(30-24)23-5-1-2-13-34-23/h3-4,6-12,14-15,23H,1-2,5,13H2. The highest BCUT2D eigenvalue weighted by Crippen LogP contribution is 2.35. The van der Waals surface area contributed by atoms with Crippen molar-refractivity contribution in [2.24, 2.45) is 0 Å². The van der Waals surface area contributed by atoms with E-state index < -0.39 is 5.95 Å². The van der Waals surface area contributed by atoms with Crippen molar-refractivity contribution in [3.8, 4) is 28.2 Å². The molecule has 0 saturated carbocycles. The summed E-state index contributed by atoms with van der Waals surface area (Å²) in [6, 6.07) is 15.1. The number of rotatable bonds is 4. The highest BCUT2D eigenvalue weighted by Gasteiger charge is 2.23. The minimum absolute atomic E-state index is 0.182. The van der Waals surface area contributed by atoms with Crippen molar-refractivity contribution in [2.75, 3.05) is 6.61 Å². The van der Waals surface area contributed by atoms with Crippen molar-refractivity contribution in [1.82, 2.24) is 29.8 Å². The Morgan fingerprint density at radius 3 is 2.68 bits per heavy atom. The maximum Gasteiger partial charge on any atom is 0.220 e. The van der Waals surface area contributed by atoms with Crippen LogP contribution >= 0.6 is 0 Å². The molecule has 5 aromatic rings. The van der Waals surface area contributed by atoms with Crippen LogP contribution in [0.25, 0.3) is 39.1 Å². The predicted octanol–water partition coefficient (Wildman–Crippen LogP) is 5.32. The maximum absolute atomic E-state index is 14.4. The van der Waals surface area contributed by atoms with Gasteiger partial charge in [0.05, 0.1) is 17.4 Å². The number of hydrogen-bond acceptors (Lipinski definition) is 5. The first-order valence-electron chi connectivity index (χ1n) is 11.1. The SMILES string of the molecule is Fc1ccc(-n2cc(-c3nn(C4CCCCO4)c4ccc(-c5cccnc5F)cc34)nn2)cc1. The van der Waals surface area contributed by atoms with Crippen molar-refractivity contribution in [3.05, 3.63) is 78.8 Å². The number of benzene rings is 2. The third kappa shape index (κ3) is 3.63. The van der Waals surface area contributed by atoms with E-state index in [4.69, 9.17) is 9.84 Å². The zero-order chi connectivity index (χ0) is 23.1. The molecule has 0 spiro atoms. The Morgan fingerprint density at radius 2 is 1.88 bits per heavy atom. The molecule has 1 atom stereocenters. The fourth-order valence-corrected chi connectivity index (χ4v) is 4.33. The molecular formula is C25H20F2N6O. The van der Waals surface area contributed by atoms with E-state index in [2.05, 4.69) is 15.3 Å². The molecule has 9 heteroatoms. The first-order valence-corrected chi connectivity index (χ1v) is 11.1. The van der Waals surface area contributed by atoms with Crippen LogP contribution in [0, 0.1) is 11.8 Å². The second-order valence-corrected chi connectivity index (χ2v) is 8.21. The lowest BCUT2D eigenvalue weighted by molar-refractivity contribution is -0.0365. The van der Waals surface area contributed by atoms with Gasteiger partial charge in [0.1, 0.15) is 17.2 Å². The summed E-state index contributed by atoms with van der Waals surface area (Å²) in [6.45, 7) is 0.682. The molecular weight excluding hydrogens is 438 g/mol. The van der Waals surface area contributed by atoms with Crippen LogP contribution in [0.5, 0.6) is 0 Å². The van der Waals surface area contributed by atoms with Gasteiger partial charge in [-0.05, 0) is 73.4 Å². The van der Waals surface area contributed by atoms with Crippen LogP contribution in [-0.2, 0) is 4.74 Å². The average molecular weight is 458 g/mol.